The maximum Gasteiger partial charge on any atom is 0.192 e. The molecule has 0 unspecified atom stereocenters. The van der Waals surface area contributed by atoms with E-state index in [-0.39, 0.29) is 21.3 Å². The Labute approximate surface area is 243 Å². The van der Waals surface area contributed by atoms with Crippen LogP contribution in [0.1, 0.15) is 133 Å². The molecule has 4 saturated carbocycles. The zero-order valence-electron chi connectivity index (χ0n) is 28.0. The molecule has 0 aliphatic heterocycles. The third-order valence-electron chi connectivity index (χ3n) is 15.3. The highest BCUT2D eigenvalue weighted by Gasteiger charge is 2.68. The summed E-state index contributed by atoms with van der Waals surface area (Å²) < 4.78 is 7.22. The molecule has 0 spiro atoms. The molecule has 5 aliphatic rings. The van der Waals surface area contributed by atoms with Gasteiger partial charge in [0.2, 0.25) is 0 Å². The lowest BCUT2D eigenvalue weighted by molar-refractivity contribution is -0.202. The van der Waals surface area contributed by atoms with Crippen LogP contribution >= 0.6 is 0 Å². The van der Waals surface area contributed by atoms with E-state index in [4.69, 9.17) is 4.43 Å². The van der Waals surface area contributed by atoms with Crippen molar-refractivity contribution in [3.05, 3.63) is 11.6 Å². The average molecular weight is 557 g/mol. The van der Waals surface area contributed by atoms with Crippen molar-refractivity contribution < 1.29 is 9.53 Å². The van der Waals surface area contributed by atoms with Gasteiger partial charge >= 0.3 is 0 Å². The highest BCUT2D eigenvalue weighted by Crippen LogP contribution is 2.75. The summed E-state index contributed by atoms with van der Waals surface area (Å²) >= 11 is 0. The minimum absolute atomic E-state index is 0.131. The fourth-order valence-electron chi connectivity index (χ4n) is 11.4. The summed E-state index contributed by atoms with van der Waals surface area (Å²) in [5, 5.41) is 11.0. The van der Waals surface area contributed by atoms with E-state index in [1.165, 1.54) is 64.2 Å². The predicted octanol–water partition coefficient (Wildman–Crippen LogP) is 10.2. The van der Waals surface area contributed by atoms with Gasteiger partial charge in [-0.3, -0.25) is 0 Å². The topological polar surface area (TPSA) is 29.5 Å². The summed E-state index contributed by atoms with van der Waals surface area (Å²) in [6.45, 7) is 30.6. The molecule has 3 heteroatoms. The fraction of sp³-hybridized carbons (Fsp3) is 0.944. The van der Waals surface area contributed by atoms with Gasteiger partial charge in [0.05, 0.1) is 6.10 Å². The van der Waals surface area contributed by atoms with Crippen molar-refractivity contribution in [1.29, 1.82) is 0 Å². The second-order valence-electron chi connectivity index (χ2n) is 19.0. The third-order valence-corrected chi connectivity index (χ3v) is 19.8. The monoisotopic (exact) mass is 556 g/mol. The predicted molar refractivity (Wildman–Crippen MR) is 168 cm³/mol. The van der Waals surface area contributed by atoms with Crippen molar-refractivity contribution in [1.82, 2.24) is 0 Å². The molecular formula is C36H64O2Si. The molecule has 0 bridgehead atoms. The van der Waals surface area contributed by atoms with Crippen LogP contribution in [0.4, 0.5) is 0 Å². The van der Waals surface area contributed by atoms with Gasteiger partial charge in [0.15, 0.2) is 8.32 Å². The Kier molecular flexibility index (Phi) is 6.96. The molecular weight excluding hydrogens is 492 g/mol. The van der Waals surface area contributed by atoms with Gasteiger partial charge in [-0.05, 0) is 127 Å². The van der Waals surface area contributed by atoms with Crippen LogP contribution in [-0.4, -0.2) is 26.1 Å². The van der Waals surface area contributed by atoms with Crippen LogP contribution in [-0.2, 0) is 4.43 Å². The van der Waals surface area contributed by atoms with Crippen LogP contribution in [0, 0.1) is 50.2 Å². The zero-order chi connectivity index (χ0) is 29.1. The lowest BCUT2D eigenvalue weighted by Crippen LogP contribution is -2.65. The highest BCUT2D eigenvalue weighted by molar-refractivity contribution is 6.74. The third kappa shape index (κ3) is 4.19. The van der Waals surface area contributed by atoms with E-state index in [9.17, 15) is 5.11 Å². The molecule has 0 aromatic carbocycles. The van der Waals surface area contributed by atoms with E-state index in [1.807, 2.05) is 0 Å². The first-order valence-corrected chi connectivity index (χ1v) is 19.6. The van der Waals surface area contributed by atoms with E-state index in [0.717, 1.165) is 11.8 Å². The van der Waals surface area contributed by atoms with E-state index in [0.29, 0.717) is 34.9 Å². The molecule has 0 aromatic heterocycles. The highest BCUT2D eigenvalue weighted by atomic mass is 28.4. The van der Waals surface area contributed by atoms with E-state index < -0.39 is 8.32 Å². The first-order chi connectivity index (χ1) is 17.7. The number of aliphatic hydroxyl groups is 1. The second-order valence-corrected chi connectivity index (χ2v) is 23.7. The molecule has 2 nitrogen and oxygen atoms in total. The number of aliphatic hydroxyl groups excluding tert-OH is 1. The molecule has 1 N–H and O–H groups in total. The average Bonchev–Trinajstić information content (AvgIpc) is 2.80. The van der Waals surface area contributed by atoms with Crippen molar-refractivity contribution in [3.63, 3.8) is 0 Å². The quantitative estimate of drug-likeness (QED) is 0.277. The molecule has 0 heterocycles. The lowest BCUT2D eigenvalue weighted by Gasteiger charge is -2.71. The minimum Gasteiger partial charge on any atom is -0.413 e. The van der Waals surface area contributed by atoms with Crippen LogP contribution in [0.2, 0.25) is 18.1 Å². The van der Waals surface area contributed by atoms with Gasteiger partial charge in [-0.1, -0.05) is 80.9 Å². The molecule has 5 aliphatic carbocycles. The summed E-state index contributed by atoms with van der Waals surface area (Å²) in [5.74, 6) is 2.03. The minimum atomic E-state index is -1.82. The van der Waals surface area contributed by atoms with Gasteiger partial charge in [0.1, 0.15) is 0 Å². The zero-order valence-corrected chi connectivity index (χ0v) is 29.0. The standard InChI is InChI=1S/C36H64O2Si/c1-30(2,3)39(11,12)38-29-16-17-33(8)27(32(29,6)7)15-18-35(10)28(33)14-13-25-26-23-31(4,5)19-21-36(26,24-37)22-20-34(25,35)9/h13,26-29,37H,14-24H2,1-12H3/t26-,27-,28+,29-,33-,34+,35+,36+/m0/s1. The maximum absolute atomic E-state index is 10.8. The van der Waals surface area contributed by atoms with Crippen LogP contribution < -0.4 is 0 Å². The molecule has 0 aromatic rings. The van der Waals surface area contributed by atoms with Gasteiger partial charge in [-0.15, -0.1) is 0 Å². The van der Waals surface area contributed by atoms with E-state index in [1.54, 1.807) is 5.57 Å². The molecule has 39 heavy (non-hydrogen) atoms. The lowest BCUT2D eigenvalue weighted by atomic mass is 9.33. The van der Waals surface area contributed by atoms with Crippen molar-refractivity contribution in [2.24, 2.45) is 50.2 Å². The van der Waals surface area contributed by atoms with Crippen molar-refractivity contribution >= 4 is 8.32 Å². The summed E-state index contributed by atoms with van der Waals surface area (Å²) in [7, 11) is -1.82. The summed E-state index contributed by atoms with van der Waals surface area (Å²) in [4.78, 5) is 0. The Morgan fingerprint density at radius 2 is 1.51 bits per heavy atom. The SMILES string of the molecule is CC1(C)CC[C@]2(CO)CC[C@]3(C)C(=CC[C@@H]4[C@@]5(C)CC[C@H](O[Si](C)(C)C(C)(C)C)C(C)(C)[C@@H]5CC[C@]43C)[C@@H]2C1. The molecule has 5 rings (SSSR count). The van der Waals surface area contributed by atoms with Gasteiger partial charge in [0.25, 0.3) is 0 Å². The number of rotatable bonds is 3. The largest absolute Gasteiger partial charge is 0.413 e. The van der Waals surface area contributed by atoms with Crippen molar-refractivity contribution in [2.45, 2.75) is 158 Å². The number of hydrogen-bond acceptors (Lipinski definition) is 2. The van der Waals surface area contributed by atoms with Gasteiger partial charge in [0, 0.05) is 12.0 Å². The van der Waals surface area contributed by atoms with Gasteiger partial charge in [-0.2, -0.15) is 0 Å². The van der Waals surface area contributed by atoms with Gasteiger partial charge < -0.3 is 9.53 Å². The van der Waals surface area contributed by atoms with Crippen molar-refractivity contribution in [2.75, 3.05) is 6.61 Å². The molecule has 0 saturated heterocycles. The molecule has 0 amide bonds. The van der Waals surface area contributed by atoms with Crippen LogP contribution in [0.5, 0.6) is 0 Å². The Morgan fingerprint density at radius 3 is 2.13 bits per heavy atom. The number of fused-ring (bicyclic) bond motifs is 7. The second kappa shape index (κ2) is 8.95. The molecule has 0 radical (unpaired) electrons. The fourth-order valence-corrected chi connectivity index (χ4v) is 12.8. The Hall–Kier alpha value is -0.123. The number of allylic oxidation sites excluding steroid dienone is 2. The Bertz CT molecular complexity index is 1000. The van der Waals surface area contributed by atoms with E-state index in [2.05, 4.69) is 88.4 Å². The smallest absolute Gasteiger partial charge is 0.192 e. The van der Waals surface area contributed by atoms with Crippen LogP contribution in [0.15, 0.2) is 11.6 Å². The summed E-state index contributed by atoms with van der Waals surface area (Å²) in [6.07, 6.45) is 15.8. The maximum atomic E-state index is 10.8. The van der Waals surface area contributed by atoms with Crippen molar-refractivity contribution in [3.8, 4) is 0 Å². The Morgan fingerprint density at radius 1 is 0.872 bits per heavy atom. The first kappa shape index (κ1) is 30.3. The molecule has 8 atom stereocenters. The van der Waals surface area contributed by atoms with Crippen LogP contribution in [0.3, 0.4) is 0 Å². The number of hydrogen-bond donors (Lipinski definition) is 1. The molecule has 224 valence electrons. The first-order valence-electron chi connectivity index (χ1n) is 16.7. The van der Waals surface area contributed by atoms with E-state index >= 15 is 0 Å². The van der Waals surface area contributed by atoms with Crippen LogP contribution in [0.25, 0.3) is 0 Å². The van der Waals surface area contributed by atoms with Gasteiger partial charge in [-0.25, -0.2) is 0 Å². The summed E-state index contributed by atoms with van der Waals surface area (Å²) in [6, 6.07) is 0. The normalized spacial score (nSPS) is 47.3. The Balaban J connectivity index is 1.49. The summed E-state index contributed by atoms with van der Waals surface area (Å²) in [5.41, 5.74) is 3.47. The molecule has 4 fully saturated rings.